The summed E-state index contributed by atoms with van der Waals surface area (Å²) in [6.07, 6.45) is 6.52. The average Bonchev–Trinajstić information content (AvgIpc) is 3.13. The normalized spacial score (nSPS) is 25.2. The van der Waals surface area contributed by atoms with E-state index in [4.69, 9.17) is 9.47 Å². The minimum atomic E-state index is -0.156. The number of piperidine rings is 1. The van der Waals surface area contributed by atoms with Gasteiger partial charge in [0.25, 0.3) is 5.91 Å². The molecule has 0 N–H and O–H groups in total. The first kappa shape index (κ1) is 18.5. The van der Waals surface area contributed by atoms with Crippen LogP contribution < -0.4 is 0 Å². The number of amides is 1. The van der Waals surface area contributed by atoms with Crippen molar-refractivity contribution in [3.63, 3.8) is 0 Å². The summed E-state index contributed by atoms with van der Waals surface area (Å²) in [5, 5.41) is 4.03. The molecule has 2 aromatic heterocycles. The Balaban J connectivity index is 1.46. The first-order valence-corrected chi connectivity index (χ1v) is 10.1. The van der Waals surface area contributed by atoms with Crippen LogP contribution >= 0.6 is 11.5 Å². The van der Waals surface area contributed by atoms with E-state index in [-0.39, 0.29) is 17.4 Å². The van der Waals surface area contributed by atoms with Crippen molar-refractivity contribution in [2.75, 3.05) is 26.3 Å². The Morgan fingerprint density at radius 1 is 1.44 bits per heavy atom. The van der Waals surface area contributed by atoms with Crippen LogP contribution in [0.2, 0.25) is 0 Å². The second-order valence-electron chi connectivity index (χ2n) is 7.37. The van der Waals surface area contributed by atoms with Gasteiger partial charge < -0.3 is 14.4 Å². The summed E-state index contributed by atoms with van der Waals surface area (Å²) in [5.74, 6) is -0.0289. The molecule has 2 aliphatic rings. The molecule has 7 nitrogen and oxygen atoms in total. The SMILES string of the molecule is Cc1snnc1C(=O)N1CC[C@@H]2OCCC[C@]2(COCc2ccncc2)C1. The Morgan fingerprint density at radius 2 is 2.30 bits per heavy atom. The molecule has 0 radical (unpaired) electrons. The predicted octanol–water partition coefficient (Wildman–Crippen LogP) is 2.47. The first-order chi connectivity index (χ1) is 13.2. The first-order valence-electron chi connectivity index (χ1n) is 9.34. The lowest BCUT2D eigenvalue weighted by molar-refractivity contribution is -0.148. The number of carbonyl (C=O) groups is 1. The Hall–Kier alpha value is -1.90. The molecule has 4 heterocycles. The summed E-state index contributed by atoms with van der Waals surface area (Å²) in [6, 6.07) is 3.92. The van der Waals surface area contributed by atoms with Gasteiger partial charge in [0.05, 0.1) is 24.2 Å². The third kappa shape index (κ3) is 3.88. The number of ether oxygens (including phenoxy) is 2. The van der Waals surface area contributed by atoms with Crippen LogP contribution in [-0.2, 0) is 16.1 Å². The van der Waals surface area contributed by atoms with E-state index in [1.165, 1.54) is 11.5 Å². The summed E-state index contributed by atoms with van der Waals surface area (Å²) >= 11 is 1.27. The number of nitrogens with zero attached hydrogens (tertiary/aromatic N) is 4. The molecular formula is C19H24N4O3S. The molecule has 0 aromatic carbocycles. The van der Waals surface area contributed by atoms with E-state index in [1.807, 2.05) is 24.0 Å². The van der Waals surface area contributed by atoms with Gasteiger partial charge in [0.2, 0.25) is 0 Å². The maximum absolute atomic E-state index is 12.9. The van der Waals surface area contributed by atoms with Crippen molar-refractivity contribution in [1.29, 1.82) is 0 Å². The molecule has 27 heavy (non-hydrogen) atoms. The number of aryl methyl sites for hydroxylation is 1. The lowest BCUT2D eigenvalue weighted by atomic mass is 9.73. The Labute approximate surface area is 162 Å². The van der Waals surface area contributed by atoms with Gasteiger partial charge in [-0.15, -0.1) is 5.10 Å². The molecule has 2 fully saturated rings. The molecule has 0 saturated carbocycles. The van der Waals surface area contributed by atoms with Crippen LogP contribution in [-0.4, -0.2) is 57.8 Å². The minimum Gasteiger partial charge on any atom is -0.377 e. The van der Waals surface area contributed by atoms with E-state index >= 15 is 0 Å². The van der Waals surface area contributed by atoms with Crippen LogP contribution in [0.1, 0.15) is 40.2 Å². The van der Waals surface area contributed by atoms with Crippen LogP contribution in [0.25, 0.3) is 0 Å². The predicted molar refractivity (Wildman–Crippen MR) is 100 cm³/mol. The van der Waals surface area contributed by atoms with Gasteiger partial charge in [-0.3, -0.25) is 9.78 Å². The fourth-order valence-electron chi connectivity index (χ4n) is 4.10. The fraction of sp³-hybridized carbons (Fsp3) is 0.579. The zero-order chi connectivity index (χ0) is 18.7. The van der Waals surface area contributed by atoms with E-state index in [0.29, 0.717) is 32.0 Å². The van der Waals surface area contributed by atoms with Gasteiger partial charge in [0, 0.05) is 37.5 Å². The van der Waals surface area contributed by atoms with Gasteiger partial charge in [0.1, 0.15) is 0 Å². The number of aromatic nitrogens is 3. The molecule has 144 valence electrons. The monoisotopic (exact) mass is 388 g/mol. The standard InChI is InChI=1S/C19H24N4O3S/c1-14-17(21-22-27-14)18(24)23-9-5-16-19(12-23,6-2-10-26-16)13-25-11-15-3-7-20-8-4-15/h3-4,7-8,16H,2,5-6,9-13H2,1H3/t16-,19+/m0/s1. The molecule has 0 spiro atoms. The second-order valence-corrected chi connectivity index (χ2v) is 8.32. The van der Waals surface area contributed by atoms with E-state index in [1.54, 1.807) is 12.4 Å². The Kier molecular flexibility index (Phi) is 5.47. The summed E-state index contributed by atoms with van der Waals surface area (Å²) < 4.78 is 16.1. The number of hydrogen-bond donors (Lipinski definition) is 0. The molecular weight excluding hydrogens is 364 g/mol. The zero-order valence-corrected chi connectivity index (χ0v) is 16.3. The van der Waals surface area contributed by atoms with Crippen LogP contribution in [0.15, 0.2) is 24.5 Å². The smallest absolute Gasteiger partial charge is 0.275 e. The zero-order valence-electron chi connectivity index (χ0n) is 15.5. The van der Waals surface area contributed by atoms with Gasteiger partial charge in [0.15, 0.2) is 5.69 Å². The van der Waals surface area contributed by atoms with Crippen molar-refractivity contribution in [2.45, 2.75) is 38.9 Å². The van der Waals surface area contributed by atoms with Crippen molar-refractivity contribution in [1.82, 2.24) is 19.5 Å². The van der Waals surface area contributed by atoms with E-state index < -0.39 is 0 Å². The molecule has 2 atom stereocenters. The molecule has 8 heteroatoms. The Morgan fingerprint density at radius 3 is 3.07 bits per heavy atom. The van der Waals surface area contributed by atoms with E-state index in [0.717, 1.165) is 36.3 Å². The van der Waals surface area contributed by atoms with Gasteiger partial charge in [-0.2, -0.15) is 0 Å². The molecule has 1 amide bonds. The molecule has 0 bridgehead atoms. The lowest BCUT2D eigenvalue weighted by Crippen LogP contribution is -2.58. The van der Waals surface area contributed by atoms with Crippen LogP contribution in [0.3, 0.4) is 0 Å². The van der Waals surface area contributed by atoms with E-state index in [9.17, 15) is 4.79 Å². The largest absolute Gasteiger partial charge is 0.377 e. The van der Waals surface area contributed by atoms with E-state index in [2.05, 4.69) is 14.6 Å². The highest BCUT2D eigenvalue weighted by Gasteiger charge is 2.47. The highest BCUT2D eigenvalue weighted by atomic mass is 32.1. The summed E-state index contributed by atoms with van der Waals surface area (Å²) in [7, 11) is 0. The fourth-order valence-corrected chi connectivity index (χ4v) is 4.56. The molecule has 4 rings (SSSR count). The molecule has 0 aliphatic carbocycles. The van der Waals surface area contributed by atoms with Crippen molar-refractivity contribution in [3.8, 4) is 0 Å². The van der Waals surface area contributed by atoms with Crippen molar-refractivity contribution >= 4 is 17.4 Å². The van der Waals surface area contributed by atoms with Gasteiger partial charge in [-0.25, -0.2) is 0 Å². The highest BCUT2D eigenvalue weighted by molar-refractivity contribution is 7.05. The molecule has 0 unspecified atom stereocenters. The van der Waals surface area contributed by atoms with Crippen LogP contribution in [0.5, 0.6) is 0 Å². The number of fused-ring (bicyclic) bond motifs is 1. The number of hydrogen-bond acceptors (Lipinski definition) is 7. The van der Waals surface area contributed by atoms with Crippen molar-refractivity contribution in [2.24, 2.45) is 5.41 Å². The number of rotatable bonds is 5. The minimum absolute atomic E-state index is 0.0289. The van der Waals surface area contributed by atoms with Crippen LogP contribution in [0, 0.1) is 12.3 Å². The second kappa shape index (κ2) is 8.00. The maximum Gasteiger partial charge on any atom is 0.275 e. The highest BCUT2D eigenvalue weighted by Crippen LogP contribution is 2.41. The molecule has 2 saturated heterocycles. The van der Waals surface area contributed by atoms with Gasteiger partial charge in [-0.05, 0) is 55.4 Å². The molecule has 2 aromatic rings. The average molecular weight is 388 g/mol. The topological polar surface area (TPSA) is 77.4 Å². The third-order valence-electron chi connectivity index (χ3n) is 5.54. The number of pyridine rings is 1. The summed E-state index contributed by atoms with van der Waals surface area (Å²) in [6.45, 7) is 5.14. The number of likely N-dealkylation sites (tertiary alicyclic amines) is 1. The maximum atomic E-state index is 12.9. The summed E-state index contributed by atoms with van der Waals surface area (Å²) in [4.78, 5) is 19.7. The number of carbonyl (C=O) groups excluding carboxylic acids is 1. The third-order valence-corrected chi connectivity index (χ3v) is 6.17. The molecule has 2 aliphatic heterocycles. The lowest BCUT2D eigenvalue weighted by Gasteiger charge is -2.50. The van der Waals surface area contributed by atoms with Gasteiger partial charge in [-0.1, -0.05) is 4.49 Å². The van der Waals surface area contributed by atoms with Gasteiger partial charge >= 0.3 is 0 Å². The summed E-state index contributed by atoms with van der Waals surface area (Å²) in [5.41, 5.74) is 1.42. The quantitative estimate of drug-likeness (QED) is 0.783. The van der Waals surface area contributed by atoms with Crippen molar-refractivity contribution in [3.05, 3.63) is 40.7 Å². The van der Waals surface area contributed by atoms with Crippen molar-refractivity contribution < 1.29 is 14.3 Å². The van der Waals surface area contributed by atoms with Crippen LogP contribution in [0.4, 0.5) is 0 Å². The Bertz CT molecular complexity index is 784.